The van der Waals surface area contributed by atoms with Crippen LogP contribution < -0.4 is 5.73 Å². The first-order chi connectivity index (χ1) is 7.62. The van der Waals surface area contributed by atoms with Crippen molar-refractivity contribution < 1.29 is 4.74 Å². The minimum Gasteiger partial charge on any atom is -0.377 e. The highest BCUT2D eigenvalue weighted by Gasteiger charge is 2.32. The van der Waals surface area contributed by atoms with Crippen LogP contribution in [0.25, 0.3) is 0 Å². The monoisotopic (exact) mass is 246 g/mol. The molecule has 0 unspecified atom stereocenters. The van der Waals surface area contributed by atoms with Crippen LogP contribution in [0, 0.1) is 0 Å². The van der Waals surface area contributed by atoms with Crippen molar-refractivity contribution >= 4 is 11.8 Å². The third kappa shape index (κ3) is 4.24. The number of hydrogen-bond donors (Lipinski definition) is 1. The van der Waals surface area contributed by atoms with Gasteiger partial charge in [0.05, 0.1) is 12.7 Å². The predicted octanol–water partition coefficient (Wildman–Crippen LogP) is 1.57. The molecule has 1 saturated heterocycles. The van der Waals surface area contributed by atoms with Gasteiger partial charge in [-0.3, -0.25) is 0 Å². The summed E-state index contributed by atoms with van der Waals surface area (Å²) in [4.78, 5) is 2.49. The van der Waals surface area contributed by atoms with Crippen LogP contribution >= 0.6 is 11.8 Å². The molecule has 0 spiro atoms. The summed E-state index contributed by atoms with van der Waals surface area (Å²) in [5.74, 6) is 0. The Balaban J connectivity index is 2.21. The highest BCUT2D eigenvalue weighted by atomic mass is 32.2. The number of thioether (sulfide) groups is 1. The van der Waals surface area contributed by atoms with Crippen LogP contribution in [0.1, 0.15) is 26.7 Å². The maximum atomic E-state index is 5.87. The summed E-state index contributed by atoms with van der Waals surface area (Å²) in [6.07, 6.45) is 4.96. The van der Waals surface area contributed by atoms with Crippen molar-refractivity contribution in [1.82, 2.24) is 4.90 Å². The fourth-order valence-electron chi connectivity index (χ4n) is 2.09. The fraction of sp³-hybridized carbons (Fsp3) is 1.00. The maximum Gasteiger partial charge on any atom is 0.0596 e. The molecule has 3 nitrogen and oxygen atoms in total. The molecule has 0 aromatic heterocycles. The second kappa shape index (κ2) is 6.84. The third-order valence-corrected chi connectivity index (χ3v) is 4.87. The van der Waals surface area contributed by atoms with E-state index < -0.39 is 0 Å². The molecule has 0 aromatic carbocycles. The van der Waals surface area contributed by atoms with E-state index in [0.29, 0.717) is 10.9 Å². The van der Waals surface area contributed by atoms with Gasteiger partial charge in [-0.05, 0) is 46.0 Å². The Hall–Kier alpha value is 0.230. The van der Waals surface area contributed by atoms with Crippen LogP contribution in [0.5, 0.6) is 0 Å². The molecule has 2 N–H and O–H groups in total. The molecule has 0 radical (unpaired) electrons. The number of nitrogens with zero attached hydrogens (tertiary/aromatic N) is 1. The molecule has 96 valence electrons. The third-order valence-electron chi connectivity index (χ3n) is 3.43. The molecule has 1 aliphatic rings. The largest absolute Gasteiger partial charge is 0.377 e. The molecule has 16 heavy (non-hydrogen) atoms. The Morgan fingerprint density at radius 3 is 2.44 bits per heavy atom. The van der Waals surface area contributed by atoms with E-state index in [4.69, 9.17) is 10.5 Å². The first-order valence-electron chi connectivity index (χ1n) is 6.21. The van der Waals surface area contributed by atoms with E-state index in [1.807, 2.05) is 11.8 Å². The van der Waals surface area contributed by atoms with Gasteiger partial charge in [-0.1, -0.05) is 0 Å². The number of ether oxygens (including phenoxy) is 1. The SMILES string of the molecule is CSC1(CN)CCN(CCOC(C)C)CC1. The average molecular weight is 246 g/mol. The Labute approximate surface area is 104 Å². The molecule has 0 amide bonds. The van der Waals surface area contributed by atoms with Gasteiger partial charge < -0.3 is 15.4 Å². The molecule has 0 aliphatic carbocycles. The van der Waals surface area contributed by atoms with Gasteiger partial charge in [-0.15, -0.1) is 0 Å². The normalized spacial score (nSPS) is 21.6. The zero-order valence-corrected chi connectivity index (χ0v) is 11.7. The molecule has 1 fully saturated rings. The smallest absolute Gasteiger partial charge is 0.0596 e. The summed E-state index contributed by atoms with van der Waals surface area (Å²) < 4.78 is 5.92. The topological polar surface area (TPSA) is 38.5 Å². The van der Waals surface area contributed by atoms with Crippen molar-refractivity contribution in [3.63, 3.8) is 0 Å². The van der Waals surface area contributed by atoms with Crippen molar-refractivity contribution in [1.29, 1.82) is 0 Å². The lowest BCUT2D eigenvalue weighted by atomic mass is 9.96. The lowest BCUT2D eigenvalue weighted by molar-refractivity contribution is 0.0528. The van der Waals surface area contributed by atoms with Crippen LogP contribution in [0.15, 0.2) is 0 Å². The van der Waals surface area contributed by atoms with Gasteiger partial charge in [0.2, 0.25) is 0 Å². The fourth-order valence-corrected chi connectivity index (χ4v) is 2.85. The lowest BCUT2D eigenvalue weighted by Gasteiger charge is -2.40. The highest BCUT2D eigenvalue weighted by molar-refractivity contribution is 8.00. The van der Waals surface area contributed by atoms with Crippen molar-refractivity contribution in [3.8, 4) is 0 Å². The number of likely N-dealkylation sites (tertiary alicyclic amines) is 1. The summed E-state index contributed by atoms with van der Waals surface area (Å²) in [7, 11) is 0. The second-order valence-electron chi connectivity index (χ2n) is 4.85. The van der Waals surface area contributed by atoms with E-state index >= 15 is 0 Å². The maximum absolute atomic E-state index is 5.87. The van der Waals surface area contributed by atoms with Gasteiger partial charge in [0.1, 0.15) is 0 Å². The standard InChI is InChI=1S/C12H26N2OS/c1-11(2)15-9-8-14-6-4-12(10-13,16-3)5-7-14/h11H,4-10,13H2,1-3H3. The van der Waals surface area contributed by atoms with Crippen LogP contribution in [-0.2, 0) is 4.74 Å². The van der Waals surface area contributed by atoms with E-state index in [2.05, 4.69) is 25.0 Å². The highest BCUT2D eigenvalue weighted by Crippen LogP contribution is 2.33. The summed E-state index contributed by atoms with van der Waals surface area (Å²) >= 11 is 1.94. The van der Waals surface area contributed by atoms with E-state index in [1.54, 1.807) is 0 Å². The molecule has 0 bridgehead atoms. The Morgan fingerprint density at radius 2 is 2.00 bits per heavy atom. The number of rotatable bonds is 6. The molecule has 1 aliphatic heterocycles. The van der Waals surface area contributed by atoms with Gasteiger partial charge in [0.15, 0.2) is 0 Å². The molecule has 1 rings (SSSR count). The van der Waals surface area contributed by atoms with Crippen molar-refractivity contribution in [2.45, 2.75) is 37.5 Å². The minimum absolute atomic E-state index is 0.343. The van der Waals surface area contributed by atoms with E-state index in [0.717, 1.165) is 19.7 Å². The second-order valence-corrected chi connectivity index (χ2v) is 6.13. The predicted molar refractivity (Wildman–Crippen MR) is 72.1 cm³/mol. The molecule has 0 saturated carbocycles. The van der Waals surface area contributed by atoms with Crippen molar-refractivity contribution in [2.75, 3.05) is 39.0 Å². The van der Waals surface area contributed by atoms with E-state index in [-0.39, 0.29) is 0 Å². The van der Waals surface area contributed by atoms with Crippen LogP contribution in [-0.4, -0.2) is 54.8 Å². The zero-order valence-electron chi connectivity index (χ0n) is 10.9. The molecular weight excluding hydrogens is 220 g/mol. The van der Waals surface area contributed by atoms with E-state index in [9.17, 15) is 0 Å². The Morgan fingerprint density at radius 1 is 1.38 bits per heavy atom. The molecule has 0 aromatic rings. The summed E-state index contributed by atoms with van der Waals surface area (Å²) in [5, 5.41) is 0. The van der Waals surface area contributed by atoms with Gasteiger partial charge in [-0.2, -0.15) is 11.8 Å². The van der Waals surface area contributed by atoms with Gasteiger partial charge >= 0.3 is 0 Å². The van der Waals surface area contributed by atoms with Crippen LogP contribution in [0.2, 0.25) is 0 Å². The number of nitrogens with two attached hydrogens (primary N) is 1. The molecular formula is C12H26N2OS. The number of hydrogen-bond acceptors (Lipinski definition) is 4. The Bertz CT molecular complexity index is 185. The quantitative estimate of drug-likeness (QED) is 0.772. The van der Waals surface area contributed by atoms with E-state index in [1.165, 1.54) is 25.9 Å². The summed E-state index contributed by atoms with van der Waals surface area (Å²) in [6.45, 7) is 9.23. The van der Waals surface area contributed by atoms with Crippen molar-refractivity contribution in [3.05, 3.63) is 0 Å². The summed E-state index contributed by atoms with van der Waals surface area (Å²) in [6, 6.07) is 0. The van der Waals surface area contributed by atoms with Crippen molar-refractivity contribution in [2.24, 2.45) is 5.73 Å². The lowest BCUT2D eigenvalue weighted by Crippen LogP contribution is -2.47. The molecule has 0 atom stereocenters. The first-order valence-corrected chi connectivity index (χ1v) is 7.43. The molecule has 4 heteroatoms. The number of piperidine rings is 1. The zero-order chi connectivity index (χ0) is 12.0. The van der Waals surface area contributed by atoms with Crippen LogP contribution in [0.3, 0.4) is 0 Å². The van der Waals surface area contributed by atoms with Gasteiger partial charge in [0.25, 0.3) is 0 Å². The van der Waals surface area contributed by atoms with Gasteiger partial charge in [-0.25, -0.2) is 0 Å². The van der Waals surface area contributed by atoms with Crippen LogP contribution in [0.4, 0.5) is 0 Å². The minimum atomic E-state index is 0.343. The summed E-state index contributed by atoms with van der Waals surface area (Å²) in [5.41, 5.74) is 5.87. The first kappa shape index (κ1) is 14.3. The Kier molecular flexibility index (Phi) is 6.11. The average Bonchev–Trinajstić information content (AvgIpc) is 2.30. The molecule has 1 heterocycles. The van der Waals surface area contributed by atoms with Gasteiger partial charge in [0, 0.05) is 17.8 Å².